The number of fused-ring (bicyclic) bond motifs is 1. The largest absolute Gasteiger partial charge is 0.341 e. The molecule has 3 rings (SSSR count). The van der Waals surface area contributed by atoms with Crippen molar-refractivity contribution >= 4 is 22.8 Å². The predicted octanol–water partition coefficient (Wildman–Crippen LogP) is 3.27. The van der Waals surface area contributed by atoms with Crippen LogP contribution in [-0.2, 0) is 0 Å². The molecule has 1 saturated heterocycles. The van der Waals surface area contributed by atoms with E-state index in [2.05, 4.69) is 9.97 Å². The van der Waals surface area contributed by atoms with Gasteiger partial charge in [0.1, 0.15) is 11.6 Å². The molecule has 2 nitrogen and oxygen atoms in total. The Bertz CT molecular complexity index is 488. The molecule has 1 fully saturated rings. The van der Waals surface area contributed by atoms with Gasteiger partial charge in [0.15, 0.2) is 0 Å². The highest BCUT2D eigenvalue weighted by Crippen LogP contribution is 2.38. The molecular weight excluding hydrogens is 211 g/mol. The van der Waals surface area contributed by atoms with E-state index >= 15 is 0 Å². The van der Waals surface area contributed by atoms with Crippen LogP contribution in [0, 0.1) is 5.82 Å². The Morgan fingerprint density at radius 2 is 2.40 bits per heavy atom. The van der Waals surface area contributed by atoms with Gasteiger partial charge >= 0.3 is 0 Å². The minimum atomic E-state index is -0.211. The molecule has 0 aliphatic carbocycles. The van der Waals surface area contributed by atoms with Crippen LogP contribution in [-0.4, -0.2) is 15.7 Å². The van der Waals surface area contributed by atoms with Gasteiger partial charge in [-0.1, -0.05) is 0 Å². The van der Waals surface area contributed by atoms with Crippen LogP contribution in [0.4, 0.5) is 4.39 Å². The number of thioether (sulfide) groups is 1. The summed E-state index contributed by atoms with van der Waals surface area (Å²) in [6.07, 6.45) is 2.42. The molecule has 2 aromatic rings. The van der Waals surface area contributed by atoms with E-state index in [4.69, 9.17) is 0 Å². The van der Waals surface area contributed by atoms with Gasteiger partial charge in [-0.3, -0.25) is 0 Å². The first-order valence-corrected chi connectivity index (χ1v) is 6.14. The van der Waals surface area contributed by atoms with Crippen molar-refractivity contribution in [2.75, 3.05) is 5.75 Å². The van der Waals surface area contributed by atoms with Crippen LogP contribution in [0.1, 0.15) is 23.9 Å². The van der Waals surface area contributed by atoms with Crippen LogP contribution in [0.3, 0.4) is 0 Å². The third-order valence-corrected chi connectivity index (χ3v) is 4.08. The fraction of sp³-hybridized carbons (Fsp3) is 0.364. The van der Waals surface area contributed by atoms with Crippen molar-refractivity contribution in [1.82, 2.24) is 9.97 Å². The molecular formula is C11H11FN2S. The van der Waals surface area contributed by atoms with E-state index in [1.807, 2.05) is 11.8 Å². The summed E-state index contributed by atoms with van der Waals surface area (Å²) < 4.78 is 13.0. The SMILES string of the molecule is Fc1ccc2nc(C3CCCS3)[nH]c2c1. The van der Waals surface area contributed by atoms with E-state index < -0.39 is 0 Å². The van der Waals surface area contributed by atoms with Gasteiger partial charge in [-0.2, -0.15) is 11.8 Å². The van der Waals surface area contributed by atoms with E-state index in [1.54, 1.807) is 6.07 Å². The highest BCUT2D eigenvalue weighted by molar-refractivity contribution is 7.99. The van der Waals surface area contributed by atoms with Crippen molar-refractivity contribution in [1.29, 1.82) is 0 Å². The van der Waals surface area contributed by atoms with Gasteiger partial charge in [0, 0.05) is 0 Å². The number of aromatic amines is 1. The van der Waals surface area contributed by atoms with E-state index in [-0.39, 0.29) is 5.82 Å². The lowest BCUT2D eigenvalue weighted by Gasteiger charge is -2.01. The number of imidazole rings is 1. The fourth-order valence-electron chi connectivity index (χ4n) is 1.95. The number of halogens is 1. The van der Waals surface area contributed by atoms with Crippen LogP contribution in [0.15, 0.2) is 18.2 Å². The van der Waals surface area contributed by atoms with Crippen molar-refractivity contribution < 1.29 is 4.39 Å². The maximum Gasteiger partial charge on any atom is 0.125 e. The zero-order valence-corrected chi connectivity index (χ0v) is 8.98. The number of nitrogens with one attached hydrogen (secondary N) is 1. The standard InChI is InChI=1S/C11H11FN2S/c12-7-3-4-8-9(6-7)14-11(13-8)10-2-1-5-15-10/h3-4,6,10H,1-2,5H2,(H,13,14). The normalized spacial score (nSPS) is 21.3. The Balaban J connectivity index is 2.05. The molecule has 4 heteroatoms. The van der Waals surface area contributed by atoms with Crippen molar-refractivity contribution in [3.63, 3.8) is 0 Å². The molecule has 1 aromatic heterocycles. The van der Waals surface area contributed by atoms with Gasteiger partial charge in [0.05, 0.1) is 16.3 Å². The van der Waals surface area contributed by atoms with Crippen molar-refractivity contribution in [2.24, 2.45) is 0 Å². The monoisotopic (exact) mass is 222 g/mol. The van der Waals surface area contributed by atoms with Crippen LogP contribution < -0.4 is 0 Å². The molecule has 1 N–H and O–H groups in total. The van der Waals surface area contributed by atoms with Gasteiger partial charge in [0.2, 0.25) is 0 Å². The number of benzene rings is 1. The fourth-order valence-corrected chi connectivity index (χ4v) is 3.17. The Hall–Kier alpha value is -1.03. The number of nitrogens with zero attached hydrogens (tertiary/aromatic N) is 1. The lowest BCUT2D eigenvalue weighted by Crippen LogP contribution is -1.90. The van der Waals surface area contributed by atoms with Crippen LogP contribution in [0.2, 0.25) is 0 Å². The van der Waals surface area contributed by atoms with Gasteiger partial charge in [0.25, 0.3) is 0 Å². The summed E-state index contributed by atoms with van der Waals surface area (Å²) in [5.74, 6) is 1.99. The van der Waals surface area contributed by atoms with Gasteiger partial charge in [-0.15, -0.1) is 0 Å². The zero-order valence-electron chi connectivity index (χ0n) is 8.16. The molecule has 0 spiro atoms. The number of aromatic nitrogens is 2. The highest BCUT2D eigenvalue weighted by Gasteiger charge is 2.20. The maximum atomic E-state index is 13.0. The van der Waals surface area contributed by atoms with Gasteiger partial charge < -0.3 is 4.98 Å². The van der Waals surface area contributed by atoms with Gasteiger partial charge in [-0.05, 0) is 36.8 Å². The molecule has 0 radical (unpaired) electrons. The molecule has 1 aliphatic heterocycles. The van der Waals surface area contributed by atoms with Crippen LogP contribution in [0.25, 0.3) is 11.0 Å². The summed E-state index contributed by atoms with van der Waals surface area (Å²) in [5, 5.41) is 0.473. The smallest absolute Gasteiger partial charge is 0.125 e. The molecule has 0 amide bonds. The molecule has 78 valence electrons. The first-order chi connectivity index (χ1) is 7.33. The summed E-state index contributed by atoms with van der Waals surface area (Å²) in [7, 11) is 0. The number of rotatable bonds is 1. The topological polar surface area (TPSA) is 28.7 Å². The molecule has 0 bridgehead atoms. The Morgan fingerprint density at radius 1 is 1.47 bits per heavy atom. The van der Waals surface area contributed by atoms with E-state index in [0.717, 1.165) is 16.9 Å². The second kappa shape index (κ2) is 3.52. The van der Waals surface area contributed by atoms with E-state index in [9.17, 15) is 4.39 Å². The van der Waals surface area contributed by atoms with E-state index in [1.165, 1.54) is 30.7 Å². The number of H-pyrrole nitrogens is 1. The summed E-state index contributed by atoms with van der Waals surface area (Å²) in [4.78, 5) is 7.70. The molecule has 1 unspecified atom stereocenters. The molecule has 1 aliphatic rings. The third-order valence-electron chi connectivity index (χ3n) is 2.70. The second-order valence-electron chi connectivity index (χ2n) is 3.79. The maximum absolute atomic E-state index is 13.0. The number of hydrogen-bond donors (Lipinski definition) is 1. The first-order valence-electron chi connectivity index (χ1n) is 5.10. The molecule has 15 heavy (non-hydrogen) atoms. The average Bonchev–Trinajstić information content (AvgIpc) is 2.84. The zero-order chi connectivity index (χ0) is 10.3. The lowest BCUT2D eigenvalue weighted by atomic mass is 10.2. The lowest BCUT2D eigenvalue weighted by molar-refractivity contribution is 0.629. The quantitative estimate of drug-likeness (QED) is 0.802. The van der Waals surface area contributed by atoms with Crippen molar-refractivity contribution in [2.45, 2.75) is 18.1 Å². The minimum Gasteiger partial charge on any atom is -0.341 e. The first kappa shape index (κ1) is 9.21. The van der Waals surface area contributed by atoms with Crippen molar-refractivity contribution in [3.05, 3.63) is 29.8 Å². The predicted molar refractivity (Wildman–Crippen MR) is 60.5 cm³/mol. The third kappa shape index (κ3) is 1.63. The second-order valence-corrected chi connectivity index (χ2v) is 5.10. The summed E-state index contributed by atoms with van der Waals surface area (Å²) in [5.41, 5.74) is 1.66. The number of hydrogen-bond acceptors (Lipinski definition) is 2. The van der Waals surface area contributed by atoms with E-state index in [0.29, 0.717) is 5.25 Å². The molecule has 2 heterocycles. The molecule has 1 aromatic carbocycles. The van der Waals surface area contributed by atoms with Crippen LogP contribution in [0.5, 0.6) is 0 Å². The van der Waals surface area contributed by atoms with Crippen LogP contribution >= 0.6 is 11.8 Å². The Labute approximate surface area is 91.3 Å². The summed E-state index contributed by atoms with van der Waals surface area (Å²) >= 11 is 1.93. The molecule has 0 saturated carbocycles. The highest BCUT2D eigenvalue weighted by atomic mass is 32.2. The summed E-state index contributed by atoms with van der Waals surface area (Å²) in [6.45, 7) is 0. The Morgan fingerprint density at radius 3 is 3.20 bits per heavy atom. The molecule has 1 atom stereocenters. The Kier molecular flexibility index (Phi) is 2.16. The average molecular weight is 222 g/mol. The van der Waals surface area contributed by atoms with Crippen molar-refractivity contribution in [3.8, 4) is 0 Å². The van der Waals surface area contributed by atoms with Gasteiger partial charge in [-0.25, -0.2) is 9.37 Å². The minimum absolute atomic E-state index is 0.211. The summed E-state index contributed by atoms with van der Waals surface area (Å²) in [6, 6.07) is 4.69.